The standard InChI is InChI=1S/C15H20N2S/c1-15(2)10-18-14(17-15)16-13-8-7-11-5-3-4-6-12(11)9-13/h3-6,13H,7-10H2,1-2H3,(H,16,17). The lowest BCUT2D eigenvalue weighted by Crippen LogP contribution is -2.37. The zero-order valence-electron chi connectivity index (χ0n) is 11.1. The van der Waals surface area contributed by atoms with Gasteiger partial charge in [-0.2, -0.15) is 0 Å². The molecule has 1 N–H and O–H groups in total. The van der Waals surface area contributed by atoms with Gasteiger partial charge in [0.15, 0.2) is 5.17 Å². The number of amidine groups is 1. The summed E-state index contributed by atoms with van der Waals surface area (Å²) in [5, 5.41) is 4.66. The van der Waals surface area contributed by atoms with Gasteiger partial charge >= 0.3 is 0 Å². The Hall–Kier alpha value is -0.960. The third kappa shape index (κ3) is 2.56. The summed E-state index contributed by atoms with van der Waals surface area (Å²) in [7, 11) is 0. The maximum absolute atomic E-state index is 4.90. The van der Waals surface area contributed by atoms with Gasteiger partial charge in [-0.15, -0.1) is 0 Å². The summed E-state index contributed by atoms with van der Waals surface area (Å²) in [4.78, 5) is 4.90. The normalized spacial score (nSPS) is 27.9. The van der Waals surface area contributed by atoms with Crippen LogP contribution in [0.5, 0.6) is 0 Å². The van der Waals surface area contributed by atoms with Crippen molar-refractivity contribution in [1.29, 1.82) is 0 Å². The van der Waals surface area contributed by atoms with Gasteiger partial charge < -0.3 is 5.32 Å². The maximum Gasteiger partial charge on any atom is 0.157 e. The maximum atomic E-state index is 4.90. The van der Waals surface area contributed by atoms with E-state index in [1.165, 1.54) is 24.0 Å². The lowest BCUT2D eigenvalue weighted by atomic mass is 9.89. The van der Waals surface area contributed by atoms with E-state index in [-0.39, 0.29) is 5.54 Å². The first-order chi connectivity index (χ1) is 8.62. The predicted molar refractivity (Wildman–Crippen MR) is 79.4 cm³/mol. The lowest BCUT2D eigenvalue weighted by molar-refractivity contribution is 0.528. The zero-order chi connectivity index (χ0) is 12.6. The number of aliphatic imine (C=N–C) groups is 1. The minimum atomic E-state index is 0.204. The first-order valence-electron chi connectivity index (χ1n) is 6.68. The molecule has 3 rings (SSSR count). The van der Waals surface area contributed by atoms with Crippen LogP contribution < -0.4 is 5.32 Å². The SMILES string of the molecule is CC1(C)CSC(=NC2CCc3ccccc3C2)N1. The molecule has 96 valence electrons. The van der Waals surface area contributed by atoms with Gasteiger partial charge in [0.1, 0.15) is 0 Å². The van der Waals surface area contributed by atoms with Crippen molar-refractivity contribution in [3.05, 3.63) is 35.4 Å². The van der Waals surface area contributed by atoms with Crippen molar-refractivity contribution in [1.82, 2.24) is 5.32 Å². The Labute approximate surface area is 113 Å². The summed E-state index contributed by atoms with van der Waals surface area (Å²) in [6.45, 7) is 4.47. The van der Waals surface area contributed by atoms with Crippen molar-refractivity contribution in [2.24, 2.45) is 4.99 Å². The van der Waals surface area contributed by atoms with E-state index in [0.29, 0.717) is 6.04 Å². The molecule has 0 amide bonds. The lowest BCUT2D eigenvalue weighted by Gasteiger charge is -2.22. The molecule has 2 nitrogen and oxygen atoms in total. The van der Waals surface area contributed by atoms with Crippen molar-refractivity contribution >= 4 is 16.9 Å². The molecule has 1 heterocycles. The van der Waals surface area contributed by atoms with E-state index in [1.54, 1.807) is 0 Å². The van der Waals surface area contributed by atoms with Gasteiger partial charge in [-0.1, -0.05) is 36.0 Å². The summed E-state index contributed by atoms with van der Waals surface area (Å²) in [5.74, 6) is 1.12. The van der Waals surface area contributed by atoms with Crippen molar-refractivity contribution in [2.45, 2.75) is 44.7 Å². The summed E-state index contributed by atoms with van der Waals surface area (Å²) in [6.07, 6.45) is 3.46. The fourth-order valence-electron chi connectivity index (χ4n) is 2.63. The van der Waals surface area contributed by atoms with E-state index < -0.39 is 0 Å². The van der Waals surface area contributed by atoms with Crippen molar-refractivity contribution in [3.8, 4) is 0 Å². The Balaban J connectivity index is 1.72. The highest BCUT2D eigenvalue weighted by Gasteiger charge is 2.28. The third-order valence-corrected chi connectivity index (χ3v) is 4.98. The number of nitrogens with one attached hydrogen (secondary N) is 1. The van der Waals surface area contributed by atoms with Gasteiger partial charge in [-0.3, -0.25) is 4.99 Å². The van der Waals surface area contributed by atoms with E-state index in [0.717, 1.165) is 17.3 Å². The van der Waals surface area contributed by atoms with Crippen LogP contribution in [-0.4, -0.2) is 22.5 Å². The van der Waals surface area contributed by atoms with E-state index in [1.807, 2.05) is 11.8 Å². The quantitative estimate of drug-likeness (QED) is 0.839. The number of hydrogen-bond acceptors (Lipinski definition) is 2. The van der Waals surface area contributed by atoms with Gasteiger partial charge in [0.25, 0.3) is 0 Å². The molecule has 0 spiro atoms. The van der Waals surface area contributed by atoms with Crippen LogP contribution in [0.2, 0.25) is 0 Å². The molecular weight excluding hydrogens is 240 g/mol. The van der Waals surface area contributed by atoms with Gasteiger partial charge in [0.05, 0.1) is 6.04 Å². The van der Waals surface area contributed by atoms with Crippen LogP contribution in [0.4, 0.5) is 0 Å². The number of benzene rings is 1. The molecule has 1 aromatic rings. The van der Waals surface area contributed by atoms with Crippen molar-refractivity contribution in [2.75, 3.05) is 5.75 Å². The molecule has 1 aromatic carbocycles. The molecule has 0 bridgehead atoms. The Morgan fingerprint density at radius 3 is 2.78 bits per heavy atom. The number of thioether (sulfide) groups is 1. The summed E-state index contributed by atoms with van der Waals surface area (Å²) < 4.78 is 0. The summed E-state index contributed by atoms with van der Waals surface area (Å²) >= 11 is 1.86. The molecule has 0 saturated carbocycles. The van der Waals surface area contributed by atoms with Crippen molar-refractivity contribution in [3.63, 3.8) is 0 Å². The fraction of sp³-hybridized carbons (Fsp3) is 0.533. The highest BCUT2D eigenvalue weighted by molar-refractivity contribution is 8.14. The minimum Gasteiger partial charge on any atom is -0.359 e. The molecule has 2 aliphatic rings. The Morgan fingerprint density at radius 2 is 2.06 bits per heavy atom. The Morgan fingerprint density at radius 1 is 1.28 bits per heavy atom. The Kier molecular flexibility index (Phi) is 3.10. The molecule has 0 aromatic heterocycles. The van der Waals surface area contributed by atoms with Crippen molar-refractivity contribution < 1.29 is 0 Å². The number of aryl methyl sites for hydroxylation is 1. The Bertz CT molecular complexity index is 479. The molecule has 3 heteroatoms. The smallest absolute Gasteiger partial charge is 0.157 e. The molecular formula is C15H20N2S. The van der Waals surface area contributed by atoms with Crippen LogP contribution in [0.1, 0.15) is 31.4 Å². The molecule has 18 heavy (non-hydrogen) atoms. The third-order valence-electron chi connectivity index (χ3n) is 3.64. The second-order valence-electron chi connectivity index (χ2n) is 5.90. The number of fused-ring (bicyclic) bond motifs is 1. The highest BCUT2D eigenvalue weighted by Crippen LogP contribution is 2.26. The van der Waals surface area contributed by atoms with E-state index in [2.05, 4.69) is 43.4 Å². The molecule has 0 radical (unpaired) electrons. The van der Waals surface area contributed by atoms with Crippen LogP contribution in [0.25, 0.3) is 0 Å². The second kappa shape index (κ2) is 4.61. The van der Waals surface area contributed by atoms with Gasteiger partial charge in [-0.05, 0) is 44.2 Å². The number of rotatable bonds is 1. The highest BCUT2D eigenvalue weighted by atomic mass is 32.2. The monoisotopic (exact) mass is 260 g/mol. The van der Waals surface area contributed by atoms with Crippen LogP contribution in [0.3, 0.4) is 0 Å². The first kappa shape index (κ1) is 12.1. The van der Waals surface area contributed by atoms with Crippen LogP contribution >= 0.6 is 11.8 Å². The van der Waals surface area contributed by atoms with E-state index in [4.69, 9.17) is 4.99 Å². The predicted octanol–water partition coefficient (Wildman–Crippen LogP) is 3.01. The zero-order valence-corrected chi connectivity index (χ0v) is 11.9. The summed E-state index contributed by atoms with van der Waals surface area (Å²) in [6, 6.07) is 9.25. The molecule has 1 aliphatic carbocycles. The van der Waals surface area contributed by atoms with Crippen LogP contribution in [0, 0.1) is 0 Å². The van der Waals surface area contributed by atoms with Crippen LogP contribution in [-0.2, 0) is 12.8 Å². The molecule has 1 saturated heterocycles. The fourth-order valence-corrected chi connectivity index (χ4v) is 3.78. The molecule has 1 atom stereocenters. The number of hydrogen-bond donors (Lipinski definition) is 1. The van der Waals surface area contributed by atoms with Gasteiger partial charge in [0, 0.05) is 11.3 Å². The average molecular weight is 260 g/mol. The topological polar surface area (TPSA) is 24.4 Å². The summed E-state index contributed by atoms with van der Waals surface area (Å²) in [5.41, 5.74) is 3.21. The largest absolute Gasteiger partial charge is 0.359 e. The van der Waals surface area contributed by atoms with E-state index in [9.17, 15) is 0 Å². The van der Waals surface area contributed by atoms with Gasteiger partial charge in [0.2, 0.25) is 0 Å². The van der Waals surface area contributed by atoms with Crippen LogP contribution in [0.15, 0.2) is 29.3 Å². The molecule has 1 fully saturated rings. The van der Waals surface area contributed by atoms with Gasteiger partial charge in [-0.25, -0.2) is 0 Å². The molecule has 1 unspecified atom stereocenters. The first-order valence-corrected chi connectivity index (χ1v) is 7.66. The number of nitrogens with zero attached hydrogens (tertiary/aromatic N) is 1. The van der Waals surface area contributed by atoms with E-state index >= 15 is 0 Å². The average Bonchev–Trinajstić information content (AvgIpc) is 2.68. The molecule has 1 aliphatic heterocycles. The minimum absolute atomic E-state index is 0.204. The second-order valence-corrected chi connectivity index (χ2v) is 6.86.